The number of amides is 2. The zero-order chi connectivity index (χ0) is 25.2. The molecule has 1 saturated heterocycles. The molecule has 0 saturated carbocycles. The predicted octanol–water partition coefficient (Wildman–Crippen LogP) is 3.74. The average Bonchev–Trinajstić information content (AvgIpc) is 2.84. The van der Waals surface area contributed by atoms with Crippen molar-refractivity contribution >= 4 is 17.5 Å². The summed E-state index contributed by atoms with van der Waals surface area (Å²) in [5.74, 6) is 0.189. The maximum atomic E-state index is 12.3. The number of rotatable bonds is 12. The summed E-state index contributed by atoms with van der Waals surface area (Å²) in [6.07, 6.45) is 5.05. The molecule has 2 amide bonds. The number of carbonyl (C=O) groups excluding carboxylic acids is 2. The standard InChI is InChI=1S/C28H40N4O3/c1-21(2)30-27(33)18-23-10-11-24(19-26(23)28(29)34)32(17-7-16-31-14-5-4-6-15-31)20-22-8-12-25(35-3)13-9-22/h8-13,19,21H,4-7,14-18,20H2,1-3H3,(H2,29,34)(H,30,33). The number of nitrogens with zero attached hydrogens (tertiary/aromatic N) is 2. The van der Waals surface area contributed by atoms with Gasteiger partial charge in [-0.25, -0.2) is 0 Å². The van der Waals surface area contributed by atoms with E-state index in [4.69, 9.17) is 10.5 Å². The Hall–Kier alpha value is -3.06. The average molecular weight is 481 g/mol. The normalized spacial score (nSPS) is 14.1. The lowest BCUT2D eigenvalue weighted by atomic mass is 10.0. The van der Waals surface area contributed by atoms with Crippen molar-refractivity contribution in [1.82, 2.24) is 10.2 Å². The number of nitrogens with one attached hydrogen (secondary N) is 1. The zero-order valence-electron chi connectivity index (χ0n) is 21.4. The molecule has 2 aromatic carbocycles. The van der Waals surface area contributed by atoms with Gasteiger partial charge in [0.1, 0.15) is 5.75 Å². The first-order valence-electron chi connectivity index (χ1n) is 12.7. The van der Waals surface area contributed by atoms with Crippen molar-refractivity contribution in [3.05, 3.63) is 59.2 Å². The second-order valence-electron chi connectivity index (χ2n) is 9.63. The van der Waals surface area contributed by atoms with Gasteiger partial charge in [0.25, 0.3) is 0 Å². The number of hydrogen-bond donors (Lipinski definition) is 2. The van der Waals surface area contributed by atoms with Crippen molar-refractivity contribution in [1.29, 1.82) is 0 Å². The summed E-state index contributed by atoms with van der Waals surface area (Å²) >= 11 is 0. The summed E-state index contributed by atoms with van der Waals surface area (Å²) < 4.78 is 5.30. The molecule has 7 nitrogen and oxygen atoms in total. The Labute approximate surface area is 209 Å². The van der Waals surface area contributed by atoms with Crippen molar-refractivity contribution in [2.75, 3.05) is 38.2 Å². The van der Waals surface area contributed by atoms with Gasteiger partial charge >= 0.3 is 0 Å². The summed E-state index contributed by atoms with van der Waals surface area (Å²) in [6.45, 7) is 8.81. The van der Waals surface area contributed by atoms with E-state index in [1.54, 1.807) is 7.11 Å². The smallest absolute Gasteiger partial charge is 0.249 e. The monoisotopic (exact) mass is 480 g/mol. The van der Waals surface area contributed by atoms with Crippen LogP contribution in [-0.4, -0.2) is 56.0 Å². The second kappa shape index (κ2) is 13.1. The fraction of sp³-hybridized carbons (Fsp3) is 0.500. The third-order valence-electron chi connectivity index (χ3n) is 6.41. The molecule has 3 N–H and O–H groups in total. The molecule has 0 unspecified atom stereocenters. The second-order valence-corrected chi connectivity index (χ2v) is 9.63. The third-order valence-corrected chi connectivity index (χ3v) is 6.41. The molecule has 190 valence electrons. The summed E-state index contributed by atoms with van der Waals surface area (Å²) in [5.41, 5.74) is 8.87. The highest BCUT2D eigenvalue weighted by Crippen LogP contribution is 2.24. The van der Waals surface area contributed by atoms with Gasteiger partial charge in [-0.1, -0.05) is 24.6 Å². The van der Waals surface area contributed by atoms with Crippen LogP contribution in [0.15, 0.2) is 42.5 Å². The third kappa shape index (κ3) is 8.28. The Bertz CT molecular complexity index is 969. The quantitative estimate of drug-likeness (QED) is 0.483. The number of nitrogens with two attached hydrogens (primary N) is 1. The number of carbonyl (C=O) groups is 2. The van der Waals surface area contributed by atoms with Gasteiger partial charge in [-0.05, 0) is 88.1 Å². The van der Waals surface area contributed by atoms with Crippen LogP contribution in [0.3, 0.4) is 0 Å². The van der Waals surface area contributed by atoms with Crippen LogP contribution in [0.5, 0.6) is 5.75 Å². The van der Waals surface area contributed by atoms with Gasteiger partial charge in [0.15, 0.2) is 0 Å². The molecule has 0 radical (unpaired) electrons. The van der Waals surface area contributed by atoms with Crippen molar-refractivity contribution in [3.8, 4) is 5.75 Å². The number of ether oxygens (including phenoxy) is 1. The lowest BCUT2D eigenvalue weighted by molar-refractivity contribution is -0.120. The van der Waals surface area contributed by atoms with Gasteiger partial charge in [0.2, 0.25) is 11.8 Å². The number of piperidine rings is 1. The van der Waals surface area contributed by atoms with E-state index in [0.29, 0.717) is 17.7 Å². The maximum Gasteiger partial charge on any atom is 0.249 e. The van der Waals surface area contributed by atoms with Crippen molar-refractivity contribution in [2.45, 2.75) is 58.5 Å². The fourth-order valence-electron chi connectivity index (χ4n) is 4.61. The van der Waals surface area contributed by atoms with E-state index in [0.717, 1.165) is 36.5 Å². The lowest BCUT2D eigenvalue weighted by Gasteiger charge is -2.30. The predicted molar refractivity (Wildman–Crippen MR) is 141 cm³/mol. The molecule has 1 fully saturated rings. The number of benzene rings is 2. The summed E-state index contributed by atoms with van der Waals surface area (Å²) in [7, 11) is 1.66. The van der Waals surface area contributed by atoms with E-state index in [-0.39, 0.29) is 18.4 Å². The highest BCUT2D eigenvalue weighted by molar-refractivity contribution is 5.97. The van der Waals surface area contributed by atoms with Crippen LogP contribution < -0.4 is 20.7 Å². The fourth-order valence-corrected chi connectivity index (χ4v) is 4.61. The summed E-state index contributed by atoms with van der Waals surface area (Å²) in [5, 5.41) is 2.88. The van der Waals surface area contributed by atoms with Crippen LogP contribution in [0.2, 0.25) is 0 Å². The molecule has 0 atom stereocenters. The van der Waals surface area contributed by atoms with Gasteiger partial charge < -0.3 is 25.6 Å². The number of methoxy groups -OCH3 is 1. The summed E-state index contributed by atoms with van der Waals surface area (Å²) in [4.78, 5) is 29.4. The Kier molecular flexibility index (Phi) is 9.97. The van der Waals surface area contributed by atoms with Gasteiger partial charge in [0.05, 0.1) is 13.5 Å². The van der Waals surface area contributed by atoms with Crippen molar-refractivity contribution in [2.24, 2.45) is 5.73 Å². The van der Waals surface area contributed by atoms with E-state index in [9.17, 15) is 9.59 Å². The van der Waals surface area contributed by atoms with Gasteiger partial charge in [0, 0.05) is 30.4 Å². The van der Waals surface area contributed by atoms with E-state index in [2.05, 4.69) is 27.2 Å². The van der Waals surface area contributed by atoms with Gasteiger partial charge in [-0.15, -0.1) is 0 Å². The molecule has 0 spiro atoms. The Morgan fingerprint density at radius 1 is 1.09 bits per heavy atom. The molecule has 35 heavy (non-hydrogen) atoms. The van der Waals surface area contributed by atoms with Crippen LogP contribution in [0, 0.1) is 0 Å². The van der Waals surface area contributed by atoms with E-state index in [1.165, 1.54) is 32.4 Å². The molecule has 3 rings (SSSR count). The molecular weight excluding hydrogens is 440 g/mol. The first kappa shape index (κ1) is 26.5. The summed E-state index contributed by atoms with van der Waals surface area (Å²) in [6, 6.07) is 13.8. The largest absolute Gasteiger partial charge is 0.497 e. The number of anilines is 1. The van der Waals surface area contributed by atoms with E-state index < -0.39 is 5.91 Å². The zero-order valence-corrected chi connectivity index (χ0v) is 21.4. The van der Waals surface area contributed by atoms with Crippen LogP contribution >= 0.6 is 0 Å². The number of hydrogen-bond acceptors (Lipinski definition) is 5. The molecular formula is C28H40N4O3. The number of likely N-dealkylation sites (tertiary alicyclic amines) is 1. The molecule has 0 aromatic heterocycles. The van der Waals surface area contributed by atoms with Crippen LogP contribution in [0.25, 0.3) is 0 Å². The first-order chi connectivity index (χ1) is 16.9. The highest BCUT2D eigenvalue weighted by atomic mass is 16.5. The Balaban J connectivity index is 1.79. The van der Waals surface area contributed by atoms with Crippen LogP contribution in [-0.2, 0) is 17.8 Å². The lowest BCUT2D eigenvalue weighted by Crippen LogP contribution is -2.33. The number of primary amides is 1. The SMILES string of the molecule is COc1ccc(CN(CCCN2CCCCC2)c2ccc(CC(=O)NC(C)C)c(C(N)=O)c2)cc1. The Morgan fingerprint density at radius 2 is 1.80 bits per heavy atom. The molecule has 2 aromatic rings. The molecule has 1 aliphatic rings. The minimum atomic E-state index is -0.517. The minimum absolute atomic E-state index is 0.0405. The van der Waals surface area contributed by atoms with Gasteiger partial charge in [-0.2, -0.15) is 0 Å². The van der Waals surface area contributed by atoms with E-state index >= 15 is 0 Å². The van der Waals surface area contributed by atoms with E-state index in [1.807, 2.05) is 44.2 Å². The molecule has 0 aliphatic carbocycles. The van der Waals surface area contributed by atoms with Crippen molar-refractivity contribution in [3.63, 3.8) is 0 Å². The molecule has 7 heteroatoms. The topological polar surface area (TPSA) is 87.9 Å². The Morgan fingerprint density at radius 3 is 2.43 bits per heavy atom. The first-order valence-corrected chi connectivity index (χ1v) is 12.7. The van der Waals surface area contributed by atoms with Crippen LogP contribution in [0.1, 0.15) is 61.0 Å². The highest BCUT2D eigenvalue weighted by Gasteiger charge is 2.17. The maximum absolute atomic E-state index is 12.3. The van der Waals surface area contributed by atoms with Crippen LogP contribution in [0.4, 0.5) is 5.69 Å². The molecule has 1 heterocycles. The van der Waals surface area contributed by atoms with Crippen molar-refractivity contribution < 1.29 is 14.3 Å². The minimum Gasteiger partial charge on any atom is -0.497 e. The van der Waals surface area contributed by atoms with Gasteiger partial charge in [-0.3, -0.25) is 9.59 Å². The molecule has 0 bridgehead atoms. The molecule has 1 aliphatic heterocycles.